The number of fused-ring (bicyclic) bond motifs is 1. The molecule has 0 saturated carbocycles. The van der Waals surface area contributed by atoms with Crippen molar-refractivity contribution in [3.8, 4) is 5.75 Å². The number of benzene rings is 1. The van der Waals surface area contributed by atoms with Crippen LogP contribution in [0.15, 0.2) is 18.2 Å². The lowest BCUT2D eigenvalue weighted by Gasteiger charge is -2.35. The van der Waals surface area contributed by atoms with Gasteiger partial charge in [0.1, 0.15) is 12.4 Å². The number of nitrogens with zero attached hydrogens (tertiary/aromatic N) is 1. The van der Waals surface area contributed by atoms with E-state index in [1.165, 1.54) is 11.1 Å². The predicted octanol–water partition coefficient (Wildman–Crippen LogP) is 1.78. The zero-order valence-electron chi connectivity index (χ0n) is 12.3. The van der Waals surface area contributed by atoms with E-state index in [-0.39, 0.29) is 11.9 Å². The van der Waals surface area contributed by atoms with Crippen LogP contribution < -0.4 is 4.74 Å². The standard InChI is InChI=1S/C16H23NO3/c1-3-8-17(16(19)11-18)14-6-4-12-5-7-15(20-2)10-13(12)9-14/h5,7,10,14,18H,3-4,6,8-9,11H2,1-2H3. The van der Waals surface area contributed by atoms with E-state index in [4.69, 9.17) is 9.84 Å². The van der Waals surface area contributed by atoms with Crippen LogP contribution in [0.2, 0.25) is 0 Å². The molecule has 4 nitrogen and oxygen atoms in total. The van der Waals surface area contributed by atoms with E-state index < -0.39 is 6.61 Å². The predicted molar refractivity (Wildman–Crippen MR) is 77.9 cm³/mol. The molecule has 110 valence electrons. The van der Waals surface area contributed by atoms with Crippen LogP contribution in [-0.2, 0) is 17.6 Å². The van der Waals surface area contributed by atoms with Gasteiger partial charge in [0.15, 0.2) is 0 Å². The maximum Gasteiger partial charge on any atom is 0.248 e. The second-order valence-electron chi connectivity index (χ2n) is 5.28. The highest BCUT2D eigenvalue weighted by atomic mass is 16.5. The van der Waals surface area contributed by atoms with Crippen molar-refractivity contribution in [2.24, 2.45) is 0 Å². The third-order valence-corrected chi connectivity index (χ3v) is 3.98. The SMILES string of the molecule is CCCN(C(=O)CO)C1CCc2ccc(OC)cc2C1. The highest BCUT2D eigenvalue weighted by molar-refractivity contribution is 5.77. The molecule has 0 bridgehead atoms. The number of carbonyl (C=O) groups is 1. The molecule has 0 fully saturated rings. The molecule has 20 heavy (non-hydrogen) atoms. The van der Waals surface area contributed by atoms with E-state index in [2.05, 4.69) is 19.1 Å². The van der Waals surface area contributed by atoms with E-state index in [1.54, 1.807) is 7.11 Å². The van der Waals surface area contributed by atoms with Gasteiger partial charge in [0, 0.05) is 12.6 Å². The van der Waals surface area contributed by atoms with Crippen molar-refractivity contribution in [2.75, 3.05) is 20.3 Å². The molecule has 1 unspecified atom stereocenters. The smallest absolute Gasteiger partial charge is 0.248 e. The maximum absolute atomic E-state index is 11.9. The molecule has 0 aromatic heterocycles. The van der Waals surface area contributed by atoms with Crippen molar-refractivity contribution in [3.63, 3.8) is 0 Å². The molecule has 0 heterocycles. The van der Waals surface area contributed by atoms with Gasteiger partial charge >= 0.3 is 0 Å². The molecule has 1 aliphatic rings. The van der Waals surface area contributed by atoms with Crippen LogP contribution in [0.5, 0.6) is 5.75 Å². The third-order valence-electron chi connectivity index (χ3n) is 3.98. The number of aliphatic hydroxyl groups excluding tert-OH is 1. The Morgan fingerprint density at radius 1 is 1.45 bits per heavy atom. The molecule has 2 rings (SSSR count). The molecule has 1 aromatic rings. The van der Waals surface area contributed by atoms with E-state index in [9.17, 15) is 4.79 Å². The summed E-state index contributed by atoms with van der Waals surface area (Å²) in [4.78, 5) is 13.7. The fourth-order valence-corrected chi connectivity index (χ4v) is 2.95. The summed E-state index contributed by atoms with van der Waals surface area (Å²) in [6.07, 6.45) is 3.69. The molecular weight excluding hydrogens is 254 g/mol. The normalized spacial score (nSPS) is 17.4. The van der Waals surface area contributed by atoms with Gasteiger partial charge in [-0.25, -0.2) is 0 Å². The summed E-state index contributed by atoms with van der Waals surface area (Å²) in [5, 5.41) is 9.13. The van der Waals surface area contributed by atoms with Crippen LogP contribution in [0.1, 0.15) is 30.9 Å². The van der Waals surface area contributed by atoms with E-state index in [0.29, 0.717) is 6.54 Å². The Kier molecular flexibility index (Phi) is 5.01. The highest BCUT2D eigenvalue weighted by Crippen LogP contribution is 2.28. The zero-order chi connectivity index (χ0) is 14.5. The van der Waals surface area contributed by atoms with Crippen molar-refractivity contribution in [1.82, 2.24) is 4.90 Å². The summed E-state index contributed by atoms with van der Waals surface area (Å²) >= 11 is 0. The minimum Gasteiger partial charge on any atom is -0.497 e. The largest absolute Gasteiger partial charge is 0.497 e. The summed E-state index contributed by atoms with van der Waals surface area (Å²) in [5.41, 5.74) is 2.60. The van der Waals surface area contributed by atoms with Crippen molar-refractivity contribution < 1.29 is 14.6 Å². The Labute approximate surface area is 120 Å². The van der Waals surface area contributed by atoms with Gasteiger partial charge in [-0.1, -0.05) is 13.0 Å². The second kappa shape index (κ2) is 6.75. The van der Waals surface area contributed by atoms with Crippen molar-refractivity contribution in [2.45, 2.75) is 38.6 Å². The second-order valence-corrected chi connectivity index (χ2v) is 5.28. The minimum absolute atomic E-state index is 0.164. The van der Waals surface area contributed by atoms with Crippen LogP contribution in [0.25, 0.3) is 0 Å². The fraction of sp³-hybridized carbons (Fsp3) is 0.562. The number of rotatable bonds is 5. The first-order valence-corrected chi connectivity index (χ1v) is 7.25. The molecule has 0 aliphatic heterocycles. The lowest BCUT2D eigenvalue weighted by Crippen LogP contribution is -2.45. The number of methoxy groups -OCH3 is 1. The Balaban J connectivity index is 2.17. The molecule has 1 amide bonds. The summed E-state index contributed by atoms with van der Waals surface area (Å²) in [5.74, 6) is 0.697. The lowest BCUT2D eigenvalue weighted by molar-refractivity contribution is -0.136. The van der Waals surface area contributed by atoms with Crippen molar-refractivity contribution >= 4 is 5.91 Å². The van der Waals surface area contributed by atoms with E-state index in [1.807, 2.05) is 11.0 Å². The van der Waals surface area contributed by atoms with Gasteiger partial charge in [-0.15, -0.1) is 0 Å². The number of carbonyl (C=O) groups excluding carboxylic acids is 1. The van der Waals surface area contributed by atoms with Gasteiger partial charge in [-0.05, 0) is 48.9 Å². The Hall–Kier alpha value is -1.55. The molecular formula is C16H23NO3. The number of aliphatic hydroxyl groups is 1. The number of hydrogen-bond acceptors (Lipinski definition) is 3. The number of ether oxygens (including phenoxy) is 1. The summed E-state index contributed by atoms with van der Waals surface area (Å²) in [7, 11) is 1.67. The van der Waals surface area contributed by atoms with Gasteiger partial charge in [0.05, 0.1) is 7.11 Å². The van der Waals surface area contributed by atoms with Crippen molar-refractivity contribution in [3.05, 3.63) is 29.3 Å². The summed E-state index contributed by atoms with van der Waals surface area (Å²) < 4.78 is 5.27. The molecule has 0 radical (unpaired) electrons. The van der Waals surface area contributed by atoms with E-state index >= 15 is 0 Å². The molecule has 1 aliphatic carbocycles. The summed E-state index contributed by atoms with van der Waals surface area (Å²) in [6.45, 7) is 2.36. The number of amides is 1. The molecule has 1 atom stereocenters. The van der Waals surface area contributed by atoms with Gasteiger partial charge in [-0.2, -0.15) is 0 Å². The number of aryl methyl sites for hydroxylation is 1. The van der Waals surface area contributed by atoms with E-state index in [0.717, 1.165) is 31.4 Å². The van der Waals surface area contributed by atoms with Crippen LogP contribution in [0.4, 0.5) is 0 Å². The van der Waals surface area contributed by atoms with Gasteiger partial charge < -0.3 is 14.7 Å². The quantitative estimate of drug-likeness (QED) is 0.892. The lowest BCUT2D eigenvalue weighted by atomic mass is 9.87. The Bertz CT molecular complexity index is 473. The highest BCUT2D eigenvalue weighted by Gasteiger charge is 2.26. The molecule has 0 spiro atoms. The van der Waals surface area contributed by atoms with Crippen LogP contribution in [-0.4, -0.2) is 42.2 Å². The third kappa shape index (κ3) is 3.12. The van der Waals surface area contributed by atoms with Crippen molar-refractivity contribution in [1.29, 1.82) is 0 Å². The molecule has 1 aromatic carbocycles. The van der Waals surface area contributed by atoms with Gasteiger partial charge in [0.2, 0.25) is 5.91 Å². The summed E-state index contributed by atoms with van der Waals surface area (Å²) in [6, 6.07) is 6.36. The number of hydrogen-bond donors (Lipinski definition) is 1. The van der Waals surface area contributed by atoms with Gasteiger partial charge in [0.25, 0.3) is 0 Å². The minimum atomic E-state index is -0.401. The fourth-order valence-electron chi connectivity index (χ4n) is 2.95. The van der Waals surface area contributed by atoms with Crippen LogP contribution in [0, 0.1) is 0 Å². The maximum atomic E-state index is 11.9. The molecule has 0 saturated heterocycles. The topological polar surface area (TPSA) is 49.8 Å². The average Bonchev–Trinajstić information content (AvgIpc) is 2.50. The van der Waals surface area contributed by atoms with Crippen LogP contribution >= 0.6 is 0 Å². The van der Waals surface area contributed by atoms with Gasteiger partial charge in [-0.3, -0.25) is 4.79 Å². The average molecular weight is 277 g/mol. The Morgan fingerprint density at radius 2 is 2.25 bits per heavy atom. The zero-order valence-corrected chi connectivity index (χ0v) is 12.3. The first-order chi connectivity index (χ1) is 9.69. The van der Waals surface area contributed by atoms with Crippen LogP contribution in [0.3, 0.4) is 0 Å². The monoisotopic (exact) mass is 277 g/mol. The Morgan fingerprint density at radius 3 is 2.90 bits per heavy atom. The first-order valence-electron chi connectivity index (χ1n) is 7.25. The molecule has 1 N–H and O–H groups in total. The first kappa shape index (κ1) is 14.9. The molecule has 4 heteroatoms.